The van der Waals surface area contributed by atoms with E-state index in [4.69, 9.17) is 19.6 Å². The molecule has 4 aliphatic heterocycles. The molecule has 10 rings (SSSR count). The number of aryl methyl sites for hydroxylation is 1. The highest BCUT2D eigenvalue weighted by molar-refractivity contribution is 6.11. The van der Waals surface area contributed by atoms with Gasteiger partial charge in [-0.2, -0.15) is 4.57 Å². The van der Waals surface area contributed by atoms with Gasteiger partial charge in [0.1, 0.15) is 4.68 Å². The monoisotopic (exact) mass is 444 g/mol. The van der Waals surface area contributed by atoms with Crippen molar-refractivity contribution in [3.63, 3.8) is 0 Å². The van der Waals surface area contributed by atoms with Gasteiger partial charge in [-0.25, -0.2) is 4.98 Å². The van der Waals surface area contributed by atoms with Gasteiger partial charge in [-0.05, 0) is 43.3 Å². The van der Waals surface area contributed by atoms with Crippen molar-refractivity contribution in [2.75, 3.05) is 0 Å². The summed E-state index contributed by atoms with van der Waals surface area (Å²) in [6.07, 6.45) is 3.88. The number of para-hydroxylation sites is 1. The second-order valence-electron chi connectivity index (χ2n) is 9.10. The molecule has 0 N–H and O–H groups in total. The number of hydrogen-bond acceptors (Lipinski definition) is 4. The van der Waals surface area contributed by atoms with E-state index in [2.05, 4.69) is 55.2 Å². The molecule has 4 aliphatic rings. The summed E-state index contributed by atoms with van der Waals surface area (Å²) in [7, 11) is 0. The maximum Gasteiger partial charge on any atom is 0.439 e. The van der Waals surface area contributed by atoms with E-state index < -0.39 is 0 Å². The summed E-state index contributed by atoms with van der Waals surface area (Å²) in [6.45, 7) is 2.03. The largest absolute Gasteiger partial charge is 0.446 e. The molecule has 1 spiro atoms. The third kappa shape index (κ3) is 1.34. The molecule has 6 aromatic rings. The zero-order chi connectivity index (χ0) is 21.9. The molecule has 0 saturated carbocycles. The van der Waals surface area contributed by atoms with E-state index in [-0.39, 0.29) is 4.81 Å². The third-order valence-corrected chi connectivity index (χ3v) is 7.43. The normalized spacial score (nSPS) is 18.7. The number of fused-ring (bicyclic) bond motifs is 3. The lowest BCUT2D eigenvalue weighted by Gasteiger charge is -2.30. The number of quaternary nitrogens is 1. The Hall–Kier alpha value is -4.76. The van der Waals surface area contributed by atoms with Crippen LogP contribution in [0.25, 0.3) is 39.0 Å². The van der Waals surface area contributed by atoms with Crippen LogP contribution in [0.2, 0.25) is 0 Å². The Kier molecular flexibility index (Phi) is 2.17. The lowest BCUT2D eigenvalue weighted by molar-refractivity contribution is -1.05. The van der Waals surface area contributed by atoms with Crippen molar-refractivity contribution in [2.24, 2.45) is 0 Å². The Morgan fingerprint density at radius 3 is 2.85 bits per heavy atom. The Morgan fingerprint density at radius 2 is 1.88 bits per heavy atom. The van der Waals surface area contributed by atoms with Gasteiger partial charge in [-0.3, -0.25) is 0 Å². The number of ether oxygens (including phenoxy) is 2. The average Bonchev–Trinajstić information content (AvgIpc) is 3.49. The molecule has 34 heavy (non-hydrogen) atoms. The summed E-state index contributed by atoms with van der Waals surface area (Å²) in [6, 6.07) is 18.7. The van der Waals surface area contributed by atoms with Crippen LogP contribution in [0.3, 0.4) is 0 Å². The van der Waals surface area contributed by atoms with Gasteiger partial charge in [0, 0.05) is 20.9 Å². The van der Waals surface area contributed by atoms with Gasteiger partial charge >= 0.3 is 28.8 Å². The first-order valence-electron chi connectivity index (χ1n) is 11.2. The first-order valence-corrected chi connectivity index (χ1v) is 11.2. The zero-order valence-electron chi connectivity index (χ0n) is 17.8. The highest BCUT2D eigenvalue weighted by Gasteiger charge is 2.72. The highest BCUT2D eigenvalue weighted by atomic mass is 16.5. The van der Waals surface area contributed by atoms with Gasteiger partial charge in [0.15, 0.2) is 23.2 Å². The molecular formula is C25H14N7O2+3. The number of benzene rings is 1. The number of pyridine rings is 3. The van der Waals surface area contributed by atoms with Crippen LogP contribution in [-0.2, 0) is 0 Å². The molecule has 1 atom stereocenters. The van der Waals surface area contributed by atoms with E-state index in [1.165, 1.54) is 0 Å². The van der Waals surface area contributed by atoms with Gasteiger partial charge in [-0.1, -0.05) is 6.07 Å². The molecule has 5 aromatic heterocycles. The first-order chi connectivity index (χ1) is 16.8. The van der Waals surface area contributed by atoms with Crippen LogP contribution in [0, 0.1) is 6.92 Å². The molecule has 0 bridgehead atoms. The van der Waals surface area contributed by atoms with Crippen molar-refractivity contribution in [1.82, 2.24) is 24.3 Å². The van der Waals surface area contributed by atoms with Crippen LogP contribution in [0.15, 0.2) is 67.0 Å². The lowest BCUT2D eigenvalue weighted by atomic mass is 10.2. The quantitative estimate of drug-likeness (QED) is 0.266. The molecule has 1 unspecified atom stereocenters. The fourth-order valence-electron chi connectivity index (χ4n) is 6.33. The maximum atomic E-state index is 6.45. The molecule has 0 amide bonds. The van der Waals surface area contributed by atoms with E-state index in [0.717, 1.165) is 56.1 Å². The van der Waals surface area contributed by atoms with Crippen LogP contribution in [0.4, 0.5) is 5.69 Å². The van der Waals surface area contributed by atoms with Crippen LogP contribution < -0.4 is 23.6 Å². The predicted molar refractivity (Wildman–Crippen MR) is 120 cm³/mol. The first kappa shape index (κ1) is 15.9. The third-order valence-electron chi connectivity index (χ3n) is 7.43. The number of rotatable bonds is 0. The van der Waals surface area contributed by atoms with Crippen molar-refractivity contribution >= 4 is 27.6 Å². The van der Waals surface area contributed by atoms with Crippen molar-refractivity contribution < 1.29 is 18.8 Å². The van der Waals surface area contributed by atoms with E-state index in [1.54, 1.807) is 6.20 Å². The van der Waals surface area contributed by atoms with Crippen molar-refractivity contribution in [3.05, 3.63) is 72.7 Å². The Balaban J connectivity index is 1.59. The van der Waals surface area contributed by atoms with Gasteiger partial charge in [0.2, 0.25) is 10.5 Å². The summed E-state index contributed by atoms with van der Waals surface area (Å²) in [5.74, 6) is 2.76. The second-order valence-corrected chi connectivity index (χ2v) is 9.10. The lowest BCUT2D eigenvalue weighted by Crippen LogP contribution is -2.88. The molecule has 9 heterocycles. The number of aromatic nitrogens is 6. The van der Waals surface area contributed by atoms with Crippen molar-refractivity contribution in [1.29, 1.82) is 0 Å². The fraction of sp³-hybridized carbons (Fsp3) is 0.0400. The van der Waals surface area contributed by atoms with Gasteiger partial charge in [0.25, 0.3) is 5.69 Å². The highest BCUT2D eigenvalue weighted by Crippen LogP contribution is 2.55. The molecule has 1 aromatic carbocycles. The minimum atomic E-state index is 0.131. The summed E-state index contributed by atoms with van der Waals surface area (Å²) in [5, 5.41) is 7.32. The van der Waals surface area contributed by atoms with Gasteiger partial charge in [0.05, 0.1) is 23.3 Å². The minimum absolute atomic E-state index is 0.131. The van der Waals surface area contributed by atoms with Crippen molar-refractivity contribution in [2.45, 2.75) is 6.92 Å². The molecular weight excluding hydrogens is 430 g/mol. The molecule has 9 heteroatoms. The van der Waals surface area contributed by atoms with Gasteiger partial charge < -0.3 is 9.47 Å². The minimum Gasteiger partial charge on any atom is -0.446 e. The summed E-state index contributed by atoms with van der Waals surface area (Å²) >= 11 is 0. The van der Waals surface area contributed by atoms with Crippen molar-refractivity contribution in [3.8, 4) is 40.3 Å². The molecule has 158 valence electrons. The summed E-state index contributed by atoms with van der Waals surface area (Å²) in [4.78, 5) is 6.94. The Labute approximate surface area is 191 Å². The summed E-state index contributed by atoms with van der Waals surface area (Å²) < 4.78 is 19.6. The number of hydrogen-bond donors (Lipinski definition) is 0. The number of nitrogens with zero attached hydrogens (tertiary/aromatic N) is 7. The molecule has 0 aliphatic carbocycles. The Morgan fingerprint density at radius 1 is 0.971 bits per heavy atom. The SMILES string of the molecule is Cc1cc2n(n1)[N+]13c4c(ncc5c4-n4c6c(cccc6c6ccc[n+]1c64)O5)Oc1cccc-2[n+]13. The van der Waals surface area contributed by atoms with Crippen LogP contribution >= 0.6 is 0 Å². The Bertz CT molecular complexity index is 2000. The molecule has 0 fully saturated rings. The molecule has 0 radical (unpaired) electrons. The zero-order valence-corrected chi connectivity index (χ0v) is 17.8. The summed E-state index contributed by atoms with van der Waals surface area (Å²) in [5.41, 5.74) is 6.90. The van der Waals surface area contributed by atoms with Crippen LogP contribution in [0.1, 0.15) is 5.69 Å². The van der Waals surface area contributed by atoms with E-state index >= 15 is 0 Å². The topological polar surface area (TPSA) is 61.9 Å². The fourth-order valence-corrected chi connectivity index (χ4v) is 6.33. The van der Waals surface area contributed by atoms with E-state index in [0.29, 0.717) is 17.5 Å². The molecule has 9 nitrogen and oxygen atoms in total. The van der Waals surface area contributed by atoms with Crippen LogP contribution in [-0.4, -0.2) is 19.4 Å². The van der Waals surface area contributed by atoms with Crippen LogP contribution in [0.5, 0.6) is 23.3 Å². The molecule has 0 saturated heterocycles. The predicted octanol–water partition coefficient (Wildman–Crippen LogP) is 3.46. The second kappa shape index (κ2) is 4.63. The average molecular weight is 444 g/mol. The standard InChI is InChI=1S/C25H14N7O2/c1-13-11-17-16-7-3-9-20-30(16)32(31(17)27-13)23-22-19(12-26-24(23)34-20)33-18-8-2-5-14-15-6-4-10-28(32)25(15)29(22)21(14)18/h2-12H,1H3/q+3. The van der Waals surface area contributed by atoms with E-state index in [9.17, 15) is 0 Å². The smallest absolute Gasteiger partial charge is 0.439 e. The van der Waals surface area contributed by atoms with E-state index in [1.807, 2.05) is 31.2 Å². The maximum absolute atomic E-state index is 6.45. The van der Waals surface area contributed by atoms with Gasteiger partial charge in [-0.15, -0.1) is 5.10 Å².